The highest BCUT2D eigenvalue weighted by atomic mass is 32.2. The molecule has 0 N–H and O–H groups in total. The SMILES string of the molecule is CSc1ccc(C(=O)C(C)(C)N2CCOCC2)cc1.O=C1c2ccccc2-c2cccc3cccc1c23. The summed E-state index contributed by atoms with van der Waals surface area (Å²) in [4.78, 5) is 28.6. The smallest absolute Gasteiger partial charge is 0.194 e. The molecular formula is C32H31NO3S. The maximum Gasteiger partial charge on any atom is 0.194 e. The highest BCUT2D eigenvalue weighted by Crippen LogP contribution is 2.38. The van der Waals surface area contributed by atoms with Gasteiger partial charge in [-0.3, -0.25) is 14.5 Å². The van der Waals surface area contributed by atoms with Crippen LogP contribution in [0.2, 0.25) is 0 Å². The molecule has 1 aliphatic carbocycles. The first-order valence-electron chi connectivity index (χ1n) is 12.6. The minimum Gasteiger partial charge on any atom is -0.379 e. The summed E-state index contributed by atoms with van der Waals surface area (Å²) in [5, 5.41) is 2.22. The van der Waals surface area contributed by atoms with E-state index in [1.54, 1.807) is 11.8 Å². The van der Waals surface area contributed by atoms with Crippen molar-refractivity contribution in [3.8, 4) is 11.1 Å². The molecule has 0 aromatic heterocycles. The fourth-order valence-corrected chi connectivity index (χ4v) is 5.59. The van der Waals surface area contributed by atoms with E-state index >= 15 is 0 Å². The number of nitrogens with zero attached hydrogens (tertiary/aromatic N) is 1. The van der Waals surface area contributed by atoms with Gasteiger partial charge >= 0.3 is 0 Å². The van der Waals surface area contributed by atoms with Crippen LogP contribution >= 0.6 is 11.8 Å². The Hall–Kier alpha value is -3.25. The van der Waals surface area contributed by atoms with Gasteiger partial charge in [-0.15, -0.1) is 11.8 Å². The first kappa shape index (κ1) is 25.4. The Labute approximate surface area is 222 Å². The van der Waals surface area contributed by atoms with Gasteiger partial charge in [0.15, 0.2) is 11.6 Å². The molecular weight excluding hydrogens is 478 g/mol. The highest BCUT2D eigenvalue weighted by Gasteiger charge is 2.35. The lowest BCUT2D eigenvalue weighted by atomic mass is 9.83. The van der Waals surface area contributed by atoms with E-state index in [9.17, 15) is 9.59 Å². The van der Waals surface area contributed by atoms with Crippen LogP contribution < -0.4 is 0 Å². The quantitative estimate of drug-likeness (QED) is 0.198. The van der Waals surface area contributed by atoms with E-state index in [-0.39, 0.29) is 11.6 Å². The van der Waals surface area contributed by atoms with Gasteiger partial charge in [0.25, 0.3) is 0 Å². The summed E-state index contributed by atoms with van der Waals surface area (Å²) in [6, 6.07) is 27.8. The molecule has 1 heterocycles. The molecule has 1 aliphatic heterocycles. The summed E-state index contributed by atoms with van der Waals surface area (Å²) >= 11 is 1.69. The van der Waals surface area contributed by atoms with E-state index in [0.29, 0.717) is 13.2 Å². The lowest BCUT2D eigenvalue weighted by Crippen LogP contribution is -2.54. The van der Waals surface area contributed by atoms with Gasteiger partial charge in [-0.05, 0) is 48.7 Å². The van der Waals surface area contributed by atoms with Crippen molar-refractivity contribution in [1.82, 2.24) is 4.90 Å². The van der Waals surface area contributed by atoms with Crippen LogP contribution in [0.5, 0.6) is 0 Å². The molecule has 1 fully saturated rings. The maximum absolute atomic E-state index is 12.7. The molecule has 6 rings (SSSR count). The molecule has 4 nitrogen and oxygen atoms in total. The van der Waals surface area contributed by atoms with Gasteiger partial charge in [-0.2, -0.15) is 0 Å². The maximum atomic E-state index is 12.7. The molecule has 0 saturated carbocycles. The number of benzene rings is 4. The summed E-state index contributed by atoms with van der Waals surface area (Å²) in [6.45, 7) is 7.07. The van der Waals surface area contributed by atoms with E-state index in [2.05, 4.69) is 23.1 Å². The van der Waals surface area contributed by atoms with Crippen LogP contribution in [0.3, 0.4) is 0 Å². The number of morpholine rings is 1. The molecule has 2 aliphatic rings. The summed E-state index contributed by atoms with van der Waals surface area (Å²) in [7, 11) is 0. The molecule has 5 heteroatoms. The summed E-state index contributed by atoms with van der Waals surface area (Å²) in [5.74, 6) is 0.317. The average Bonchev–Trinajstić information content (AvgIpc) is 2.96. The Morgan fingerprint density at radius 2 is 1.38 bits per heavy atom. The molecule has 4 aromatic carbocycles. The van der Waals surface area contributed by atoms with Crippen molar-refractivity contribution in [2.45, 2.75) is 24.3 Å². The van der Waals surface area contributed by atoms with Gasteiger partial charge in [0.05, 0.1) is 18.8 Å². The summed E-state index contributed by atoms with van der Waals surface area (Å²) in [5.41, 5.74) is 4.16. The third-order valence-corrected chi connectivity index (χ3v) is 8.06. The van der Waals surface area contributed by atoms with Crippen LogP contribution in [0.1, 0.15) is 40.1 Å². The molecule has 0 unspecified atom stereocenters. The van der Waals surface area contributed by atoms with Crippen LogP contribution in [0.25, 0.3) is 21.9 Å². The number of rotatable bonds is 4. The highest BCUT2D eigenvalue weighted by molar-refractivity contribution is 7.98. The standard InChI is InChI=1S/C17H10O.C15H21NO2S/c18-17-14-8-2-1-7-12(14)13-9-3-5-11-6-4-10-15(17)16(11)13;1-15(2,16-8-10-18-11-9-16)14(17)12-4-6-13(19-3)7-5-12/h1-10H;4-7H,8-11H2,1-3H3. The molecule has 0 atom stereocenters. The van der Waals surface area contributed by atoms with Gasteiger partial charge in [-0.1, -0.05) is 72.8 Å². The van der Waals surface area contributed by atoms with E-state index in [4.69, 9.17) is 4.74 Å². The van der Waals surface area contributed by atoms with Crippen molar-refractivity contribution in [2.24, 2.45) is 0 Å². The van der Waals surface area contributed by atoms with Crippen molar-refractivity contribution in [3.05, 3.63) is 102 Å². The van der Waals surface area contributed by atoms with Crippen LogP contribution in [0, 0.1) is 0 Å². The van der Waals surface area contributed by atoms with E-state index in [0.717, 1.165) is 46.1 Å². The number of fused-ring (bicyclic) bond motifs is 2. The second-order valence-corrected chi connectivity index (χ2v) is 10.7. The lowest BCUT2D eigenvalue weighted by molar-refractivity contribution is -0.00430. The van der Waals surface area contributed by atoms with Crippen LogP contribution in [-0.4, -0.2) is 54.6 Å². The third kappa shape index (κ3) is 4.87. The van der Waals surface area contributed by atoms with Gasteiger partial charge in [-0.25, -0.2) is 0 Å². The molecule has 188 valence electrons. The lowest BCUT2D eigenvalue weighted by Gasteiger charge is -2.39. The summed E-state index contributed by atoms with van der Waals surface area (Å²) in [6.07, 6.45) is 2.04. The van der Waals surface area contributed by atoms with Gasteiger partial charge < -0.3 is 4.74 Å². The van der Waals surface area contributed by atoms with Crippen molar-refractivity contribution in [3.63, 3.8) is 0 Å². The van der Waals surface area contributed by atoms with E-state index < -0.39 is 5.54 Å². The monoisotopic (exact) mass is 509 g/mol. The Morgan fingerprint density at radius 3 is 2.03 bits per heavy atom. The van der Waals surface area contributed by atoms with Crippen LogP contribution in [0.4, 0.5) is 0 Å². The number of thioether (sulfide) groups is 1. The molecule has 37 heavy (non-hydrogen) atoms. The number of ketones is 2. The first-order valence-corrected chi connectivity index (χ1v) is 13.8. The van der Waals surface area contributed by atoms with Crippen molar-refractivity contribution < 1.29 is 14.3 Å². The molecule has 4 aromatic rings. The summed E-state index contributed by atoms with van der Waals surface area (Å²) < 4.78 is 5.35. The zero-order valence-electron chi connectivity index (χ0n) is 21.5. The number of ether oxygens (including phenoxy) is 1. The minimum atomic E-state index is -0.468. The Balaban J connectivity index is 0.000000151. The number of carbonyl (C=O) groups is 2. The van der Waals surface area contributed by atoms with E-state index in [1.807, 2.05) is 86.8 Å². The Kier molecular flexibility index (Phi) is 7.29. The minimum absolute atomic E-state index is 0.134. The predicted molar refractivity (Wildman–Crippen MR) is 152 cm³/mol. The third-order valence-electron chi connectivity index (χ3n) is 7.32. The molecule has 0 spiro atoms. The largest absolute Gasteiger partial charge is 0.379 e. The second kappa shape index (κ2) is 10.6. The Bertz CT molecular complexity index is 1450. The molecule has 0 amide bonds. The fourth-order valence-electron chi connectivity index (χ4n) is 5.18. The van der Waals surface area contributed by atoms with Gasteiger partial charge in [0.1, 0.15) is 0 Å². The van der Waals surface area contributed by atoms with Crippen LogP contribution in [0.15, 0.2) is 89.8 Å². The van der Waals surface area contributed by atoms with Crippen molar-refractivity contribution >= 4 is 34.1 Å². The normalized spacial score (nSPS) is 15.1. The zero-order chi connectivity index (χ0) is 26.0. The van der Waals surface area contributed by atoms with E-state index in [1.165, 1.54) is 10.5 Å². The van der Waals surface area contributed by atoms with Gasteiger partial charge in [0.2, 0.25) is 0 Å². The van der Waals surface area contributed by atoms with Gasteiger partial charge in [0, 0.05) is 40.1 Å². The predicted octanol–water partition coefficient (Wildman–Crippen LogP) is 6.75. The average molecular weight is 510 g/mol. The van der Waals surface area contributed by atoms with Crippen molar-refractivity contribution in [2.75, 3.05) is 32.6 Å². The topological polar surface area (TPSA) is 46.6 Å². The number of hydrogen-bond donors (Lipinski definition) is 0. The molecule has 0 bridgehead atoms. The van der Waals surface area contributed by atoms with Crippen molar-refractivity contribution in [1.29, 1.82) is 0 Å². The van der Waals surface area contributed by atoms with Crippen LogP contribution in [-0.2, 0) is 4.74 Å². The number of hydrogen-bond acceptors (Lipinski definition) is 5. The second-order valence-electron chi connectivity index (χ2n) is 9.80. The molecule has 0 radical (unpaired) electrons. The first-order chi connectivity index (χ1) is 17.9. The molecule has 1 saturated heterocycles. The number of carbonyl (C=O) groups excluding carboxylic acids is 2. The fraction of sp³-hybridized carbons (Fsp3) is 0.250. The zero-order valence-corrected chi connectivity index (χ0v) is 22.3. The number of Topliss-reactive ketones (excluding diaryl/α,β-unsaturated/α-hetero) is 1. The Morgan fingerprint density at radius 1 is 0.784 bits per heavy atom.